The molecule has 0 aliphatic carbocycles. The number of esters is 1. The van der Waals surface area contributed by atoms with Crippen LogP contribution in [0.2, 0.25) is 0 Å². The number of nitrogens with one attached hydrogen (secondary N) is 1. The van der Waals surface area contributed by atoms with Crippen LogP contribution < -0.4 is 5.32 Å². The maximum Gasteiger partial charge on any atom is 0.313 e. The van der Waals surface area contributed by atoms with Crippen molar-refractivity contribution in [3.8, 4) is 0 Å². The Hall–Kier alpha value is -0.900. The number of ether oxygens (including phenoxy) is 1. The Balaban J connectivity index is 2.33. The molecule has 0 bridgehead atoms. The first-order valence-corrected chi connectivity index (χ1v) is 4.57. The molecule has 0 unspecified atom stereocenters. The number of carbonyl (C=O) groups is 2. The quantitative estimate of drug-likeness (QED) is 0.506. The molecule has 0 aromatic carbocycles. The maximum atomic E-state index is 11.4. The first-order chi connectivity index (χ1) is 6.24. The van der Waals surface area contributed by atoms with Crippen molar-refractivity contribution in [3.05, 3.63) is 0 Å². The molecule has 1 aliphatic rings. The third-order valence-electron chi connectivity index (χ3n) is 2.25. The fourth-order valence-electron chi connectivity index (χ4n) is 1.46. The molecule has 0 saturated carbocycles. The molecule has 0 aromatic rings. The molecule has 4 heteroatoms. The highest BCUT2D eigenvalue weighted by atomic mass is 16.5. The summed E-state index contributed by atoms with van der Waals surface area (Å²) in [6.07, 6.45) is 2.91. The Morgan fingerprint density at radius 2 is 2.23 bits per heavy atom. The minimum Gasteiger partial charge on any atom is -0.469 e. The fraction of sp³-hybridized carbons (Fsp3) is 0.778. The van der Waals surface area contributed by atoms with E-state index >= 15 is 0 Å². The van der Waals surface area contributed by atoms with Crippen LogP contribution in [0.4, 0.5) is 0 Å². The highest BCUT2D eigenvalue weighted by Gasteiger charge is 2.22. The molecule has 0 amide bonds. The van der Waals surface area contributed by atoms with Crippen LogP contribution in [0, 0.1) is 0 Å². The Bertz CT molecular complexity index is 197. The summed E-state index contributed by atoms with van der Waals surface area (Å²) >= 11 is 0. The van der Waals surface area contributed by atoms with Crippen LogP contribution in [0.3, 0.4) is 0 Å². The number of carbonyl (C=O) groups excluding carboxylic acids is 2. The van der Waals surface area contributed by atoms with Gasteiger partial charge in [0.1, 0.15) is 6.42 Å². The van der Waals surface area contributed by atoms with Crippen molar-refractivity contribution < 1.29 is 14.3 Å². The Morgan fingerprint density at radius 1 is 1.46 bits per heavy atom. The summed E-state index contributed by atoms with van der Waals surface area (Å²) in [6.45, 7) is 0.873. The van der Waals surface area contributed by atoms with Crippen molar-refractivity contribution in [3.63, 3.8) is 0 Å². The van der Waals surface area contributed by atoms with Gasteiger partial charge in [0, 0.05) is 0 Å². The summed E-state index contributed by atoms with van der Waals surface area (Å²) in [5, 5.41) is 3.09. The summed E-state index contributed by atoms with van der Waals surface area (Å²) in [7, 11) is 1.30. The maximum absolute atomic E-state index is 11.4. The van der Waals surface area contributed by atoms with Crippen molar-refractivity contribution >= 4 is 11.8 Å². The van der Waals surface area contributed by atoms with E-state index in [9.17, 15) is 9.59 Å². The lowest BCUT2D eigenvalue weighted by molar-refractivity contribution is -0.143. The molecule has 1 saturated heterocycles. The first kappa shape index (κ1) is 10.2. The minimum atomic E-state index is -0.447. The Labute approximate surface area is 77.6 Å². The number of Topliss-reactive ketones (excluding diaryl/α,β-unsaturated/α-hetero) is 1. The van der Waals surface area contributed by atoms with Gasteiger partial charge in [0.25, 0.3) is 0 Å². The standard InChI is InChI=1S/C9H15NO3/c1-13-9(12)6-8(11)7-4-2-3-5-10-7/h7,10H,2-6H2,1H3/t7-/m0/s1. The van der Waals surface area contributed by atoms with Crippen LogP contribution in [0.25, 0.3) is 0 Å². The van der Waals surface area contributed by atoms with Crippen molar-refractivity contribution in [2.24, 2.45) is 0 Å². The number of rotatable bonds is 3. The molecular formula is C9H15NO3. The van der Waals surface area contributed by atoms with Crippen LogP contribution in [-0.2, 0) is 14.3 Å². The Morgan fingerprint density at radius 3 is 2.77 bits per heavy atom. The molecule has 4 nitrogen and oxygen atoms in total. The second-order valence-corrected chi connectivity index (χ2v) is 3.22. The van der Waals surface area contributed by atoms with E-state index in [1.54, 1.807) is 0 Å². The summed E-state index contributed by atoms with van der Waals surface area (Å²) in [4.78, 5) is 22.2. The van der Waals surface area contributed by atoms with Gasteiger partial charge in [-0.2, -0.15) is 0 Å². The highest BCUT2D eigenvalue weighted by Crippen LogP contribution is 2.09. The topological polar surface area (TPSA) is 55.4 Å². The molecule has 1 rings (SSSR count). The molecule has 0 radical (unpaired) electrons. The molecule has 1 aliphatic heterocycles. The zero-order chi connectivity index (χ0) is 9.68. The van der Waals surface area contributed by atoms with E-state index in [0.717, 1.165) is 25.8 Å². The average Bonchev–Trinajstić information content (AvgIpc) is 2.19. The molecule has 0 aromatic heterocycles. The van der Waals surface area contributed by atoms with Crippen molar-refractivity contribution in [1.29, 1.82) is 0 Å². The number of methoxy groups -OCH3 is 1. The first-order valence-electron chi connectivity index (χ1n) is 4.57. The Kier molecular flexibility index (Phi) is 3.89. The normalized spacial score (nSPS) is 22.4. The largest absolute Gasteiger partial charge is 0.469 e. The van der Waals surface area contributed by atoms with E-state index in [4.69, 9.17) is 0 Å². The van der Waals surface area contributed by atoms with E-state index in [1.807, 2.05) is 0 Å². The molecule has 1 atom stereocenters. The van der Waals surface area contributed by atoms with Gasteiger partial charge in [-0.05, 0) is 19.4 Å². The molecule has 74 valence electrons. The average molecular weight is 185 g/mol. The number of piperidine rings is 1. The van der Waals surface area contributed by atoms with E-state index < -0.39 is 5.97 Å². The number of hydrogen-bond acceptors (Lipinski definition) is 4. The van der Waals surface area contributed by atoms with Gasteiger partial charge in [-0.25, -0.2) is 0 Å². The van der Waals surface area contributed by atoms with E-state index in [1.165, 1.54) is 7.11 Å². The van der Waals surface area contributed by atoms with Gasteiger partial charge in [0.15, 0.2) is 5.78 Å². The van der Waals surface area contributed by atoms with Crippen LogP contribution in [-0.4, -0.2) is 31.4 Å². The lowest BCUT2D eigenvalue weighted by Gasteiger charge is -2.21. The third-order valence-corrected chi connectivity index (χ3v) is 2.25. The smallest absolute Gasteiger partial charge is 0.313 e. The molecular weight excluding hydrogens is 170 g/mol. The van der Waals surface area contributed by atoms with Gasteiger partial charge in [0.2, 0.25) is 0 Å². The van der Waals surface area contributed by atoms with Gasteiger partial charge in [-0.15, -0.1) is 0 Å². The molecule has 1 N–H and O–H groups in total. The second-order valence-electron chi connectivity index (χ2n) is 3.22. The fourth-order valence-corrected chi connectivity index (χ4v) is 1.46. The SMILES string of the molecule is COC(=O)CC(=O)[C@@H]1CCCCN1. The summed E-state index contributed by atoms with van der Waals surface area (Å²) < 4.78 is 4.42. The van der Waals surface area contributed by atoms with Crippen LogP contribution in [0.15, 0.2) is 0 Å². The summed E-state index contributed by atoms with van der Waals surface area (Å²) in [5.41, 5.74) is 0. The lowest BCUT2D eigenvalue weighted by Crippen LogP contribution is -2.41. The molecule has 0 spiro atoms. The van der Waals surface area contributed by atoms with Crippen molar-refractivity contribution in [2.45, 2.75) is 31.7 Å². The number of hydrogen-bond donors (Lipinski definition) is 1. The van der Waals surface area contributed by atoms with Gasteiger partial charge in [-0.1, -0.05) is 6.42 Å². The van der Waals surface area contributed by atoms with Gasteiger partial charge >= 0.3 is 5.97 Å². The summed E-state index contributed by atoms with van der Waals surface area (Å²) in [6, 6.07) is -0.132. The predicted octanol–water partition coefficient (Wildman–Crippen LogP) is 0.261. The van der Waals surface area contributed by atoms with Gasteiger partial charge in [0.05, 0.1) is 13.2 Å². The molecule has 13 heavy (non-hydrogen) atoms. The van der Waals surface area contributed by atoms with Crippen molar-refractivity contribution in [2.75, 3.05) is 13.7 Å². The monoisotopic (exact) mass is 185 g/mol. The molecule has 1 heterocycles. The van der Waals surface area contributed by atoms with Crippen LogP contribution >= 0.6 is 0 Å². The molecule has 1 fully saturated rings. The zero-order valence-corrected chi connectivity index (χ0v) is 7.84. The van der Waals surface area contributed by atoms with Crippen LogP contribution in [0.5, 0.6) is 0 Å². The zero-order valence-electron chi connectivity index (χ0n) is 7.84. The van der Waals surface area contributed by atoms with Crippen LogP contribution in [0.1, 0.15) is 25.7 Å². The minimum absolute atomic E-state index is 0.0495. The second kappa shape index (κ2) is 4.97. The van der Waals surface area contributed by atoms with E-state index in [-0.39, 0.29) is 18.2 Å². The summed E-state index contributed by atoms with van der Waals surface area (Å²) in [5.74, 6) is -0.496. The number of ketones is 1. The predicted molar refractivity (Wildman–Crippen MR) is 47.3 cm³/mol. The van der Waals surface area contributed by atoms with E-state index in [0.29, 0.717) is 0 Å². The third kappa shape index (κ3) is 3.14. The van der Waals surface area contributed by atoms with E-state index in [2.05, 4.69) is 10.1 Å². The van der Waals surface area contributed by atoms with Gasteiger partial charge in [-0.3, -0.25) is 9.59 Å². The highest BCUT2D eigenvalue weighted by molar-refractivity contribution is 5.98. The lowest BCUT2D eigenvalue weighted by atomic mass is 9.99. The van der Waals surface area contributed by atoms with Gasteiger partial charge < -0.3 is 10.1 Å². The van der Waals surface area contributed by atoms with Crippen molar-refractivity contribution in [1.82, 2.24) is 5.32 Å².